The van der Waals surface area contributed by atoms with Crippen LogP contribution in [0.15, 0.2) is 77.3 Å². The molecule has 3 rings (SSSR count). The van der Waals surface area contributed by atoms with Crippen LogP contribution in [0.5, 0.6) is 11.5 Å². The predicted molar refractivity (Wildman–Crippen MR) is 107 cm³/mol. The van der Waals surface area contributed by atoms with E-state index in [0.717, 1.165) is 22.0 Å². The lowest BCUT2D eigenvalue weighted by atomic mass is 10.0. The van der Waals surface area contributed by atoms with Gasteiger partial charge in [-0.1, -0.05) is 55.5 Å². The van der Waals surface area contributed by atoms with Crippen LogP contribution in [0, 0.1) is 0 Å². The van der Waals surface area contributed by atoms with E-state index in [1.807, 2.05) is 55.5 Å². The number of hydrogen-bond donors (Lipinski definition) is 0. The number of esters is 1. The van der Waals surface area contributed by atoms with E-state index in [2.05, 4.69) is 15.9 Å². The van der Waals surface area contributed by atoms with E-state index in [1.54, 1.807) is 24.3 Å². The fraction of sp³-hybridized carbons (Fsp3) is 0.136. The lowest BCUT2D eigenvalue weighted by molar-refractivity contribution is 0.0735. The van der Waals surface area contributed by atoms with E-state index in [-0.39, 0.29) is 0 Å². The number of para-hydroxylation sites is 1. The van der Waals surface area contributed by atoms with E-state index >= 15 is 0 Å². The molecule has 0 amide bonds. The molecule has 0 radical (unpaired) electrons. The lowest BCUT2D eigenvalue weighted by Crippen LogP contribution is -2.09. The average Bonchev–Trinajstić information content (AvgIpc) is 2.68. The Bertz CT molecular complexity index is 891. The molecule has 0 unspecified atom stereocenters. The van der Waals surface area contributed by atoms with E-state index in [0.29, 0.717) is 23.7 Å². The number of carbonyl (C=O) groups excluding carboxylic acids is 1. The zero-order valence-electron chi connectivity index (χ0n) is 14.4. The summed E-state index contributed by atoms with van der Waals surface area (Å²) in [6, 6.07) is 22.6. The van der Waals surface area contributed by atoms with Gasteiger partial charge in [-0.25, -0.2) is 4.79 Å². The topological polar surface area (TPSA) is 35.5 Å². The summed E-state index contributed by atoms with van der Waals surface area (Å²) in [6.07, 6.45) is 0.923. The van der Waals surface area contributed by atoms with E-state index in [1.165, 1.54) is 0 Å². The number of halogens is 1. The fourth-order valence-electron chi connectivity index (χ4n) is 2.53. The van der Waals surface area contributed by atoms with Crippen LogP contribution >= 0.6 is 15.9 Å². The van der Waals surface area contributed by atoms with Crippen LogP contribution in [-0.2, 0) is 0 Å². The first kappa shape index (κ1) is 18.2. The summed E-state index contributed by atoms with van der Waals surface area (Å²) in [5.41, 5.74) is 2.34. The maximum Gasteiger partial charge on any atom is 0.343 e. The molecule has 0 aliphatic carbocycles. The quantitative estimate of drug-likeness (QED) is 0.362. The standard InChI is InChI=1S/C22H19BrO3/c1-2-14-25-21-13-12-17(15-19(21)23)22(24)26-20-11-7-6-10-18(20)16-8-4-3-5-9-16/h3-13,15H,2,14H2,1H3. The molecule has 0 aliphatic rings. The third-order valence-corrected chi connectivity index (χ3v) is 4.42. The number of hydrogen-bond acceptors (Lipinski definition) is 3. The minimum atomic E-state index is -0.406. The molecule has 0 aliphatic heterocycles. The minimum Gasteiger partial charge on any atom is -0.492 e. The van der Waals surface area contributed by atoms with Crippen molar-refractivity contribution in [1.82, 2.24) is 0 Å². The van der Waals surface area contributed by atoms with Gasteiger partial charge >= 0.3 is 5.97 Å². The van der Waals surface area contributed by atoms with Gasteiger partial charge in [-0.3, -0.25) is 0 Å². The van der Waals surface area contributed by atoms with Crippen molar-refractivity contribution in [2.45, 2.75) is 13.3 Å². The first-order chi connectivity index (χ1) is 12.7. The van der Waals surface area contributed by atoms with Crippen molar-refractivity contribution in [2.24, 2.45) is 0 Å². The summed E-state index contributed by atoms with van der Waals surface area (Å²) in [7, 11) is 0. The SMILES string of the molecule is CCCOc1ccc(C(=O)Oc2ccccc2-c2ccccc2)cc1Br. The molecule has 4 heteroatoms. The Morgan fingerprint density at radius 2 is 1.65 bits per heavy atom. The maximum absolute atomic E-state index is 12.6. The molecule has 0 atom stereocenters. The molecule has 0 heterocycles. The first-order valence-corrected chi connectivity index (χ1v) is 9.27. The predicted octanol–water partition coefficient (Wildman–Crippen LogP) is 6.12. The number of benzene rings is 3. The smallest absolute Gasteiger partial charge is 0.343 e. The van der Waals surface area contributed by atoms with Crippen molar-refractivity contribution in [2.75, 3.05) is 6.61 Å². The normalized spacial score (nSPS) is 10.4. The van der Waals surface area contributed by atoms with Crippen LogP contribution in [0.1, 0.15) is 23.7 Å². The molecule has 0 aromatic heterocycles. The van der Waals surface area contributed by atoms with Crippen molar-refractivity contribution in [1.29, 1.82) is 0 Å². The second-order valence-electron chi connectivity index (χ2n) is 5.75. The molecule has 0 saturated carbocycles. The third kappa shape index (κ3) is 4.33. The van der Waals surface area contributed by atoms with Crippen LogP contribution in [0.4, 0.5) is 0 Å². The van der Waals surface area contributed by atoms with Gasteiger partial charge in [0.05, 0.1) is 16.6 Å². The Kier molecular flexibility index (Phi) is 6.08. The highest BCUT2D eigenvalue weighted by atomic mass is 79.9. The second kappa shape index (κ2) is 8.68. The number of carbonyl (C=O) groups is 1. The Morgan fingerprint density at radius 3 is 2.38 bits per heavy atom. The van der Waals surface area contributed by atoms with Gasteiger partial charge in [0.2, 0.25) is 0 Å². The highest BCUT2D eigenvalue weighted by molar-refractivity contribution is 9.10. The molecular formula is C22H19BrO3. The molecule has 3 aromatic carbocycles. The lowest BCUT2D eigenvalue weighted by Gasteiger charge is -2.11. The van der Waals surface area contributed by atoms with Crippen molar-refractivity contribution < 1.29 is 14.3 Å². The van der Waals surface area contributed by atoms with E-state index in [4.69, 9.17) is 9.47 Å². The minimum absolute atomic E-state index is 0.406. The van der Waals surface area contributed by atoms with Gasteiger partial charge in [0.1, 0.15) is 11.5 Å². The van der Waals surface area contributed by atoms with Crippen LogP contribution in [0.25, 0.3) is 11.1 Å². The molecule has 0 N–H and O–H groups in total. The summed E-state index contributed by atoms with van der Waals surface area (Å²) < 4.78 is 12.0. The van der Waals surface area contributed by atoms with Crippen molar-refractivity contribution in [3.8, 4) is 22.6 Å². The highest BCUT2D eigenvalue weighted by Crippen LogP contribution is 2.31. The molecule has 3 aromatic rings. The van der Waals surface area contributed by atoms with Gasteiger partial charge in [-0.05, 0) is 52.2 Å². The zero-order valence-corrected chi connectivity index (χ0v) is 16.0. The van der Waals surface area contributed by atoms with E-state index in [9.17, 15) is 4.79 Å². The summed E-state index contributed by atoms with van der Waals surface area (Å²) in [6.45, 7) is 2.68. The summed E-state index contributed by atoms with van der Waals surface area (Å²) in [4.78, 5) is 12.6. The average molecular weight is 411 g/mol. The number of rotatable bonds is 6. The summed E-state index contributed by atoms with van der Waals surface area (Å²) in [5, 5.41) is 0. The summed E-state index contributed by atoms with van der Waals surface area (Å²) >= 11 is 3.45. The molecule has 3 nitrogen and oxygen atoms in total. The van der Waals surface area contributed by atoms with Gasteiger partial charge in [-0.2, -0.15) is 0 Å². The molecular weight excluding hydrogens is 392 g/mol. The molecule has 0 spiro atoms. The zero-order chi connectivity index (χ0) is 18.4. The second-order valence-corrected chi connectivity index (χ2v) is 6.60. The van der Waals surface area contributed by atoms with Crippen molar-refractivity contribution >= 4 is 21.9 Å². The number of ether oxygens (including phenoxy) is 2. The Balaban J connectivity index is 1.82. The molecule has 0 saturated heterocycles. The Labute approximate surface area is 161 Å². The van der Waals surface area contributed by atoms with Crippen LogP contribution < -0.4 is 9.47 Å². The van der Waals surface area contributed by atoms with Crippen LogP contribution in [0.3, 0.4) is 0 Å². The largest absolute Gasteiger partial charge is 0.492 e. The van der Waals surface area contributed by atoms with Gasteiger partial charge in [-0.15, -0.1) is 0 Å². The van der Waals surface area contributed by atoms with Gasteiger partial charge in [0.15, 0.2) is 0 Å². The van der Waals surface area contributed by atoms with Gasteiger partial charge in [0, 0.05) is 5.56 Å². The fourth-order valence-corrected chi connectivity index (χ4v) is 3.02. The Hall–Kier alpha value is -2.59. The van der Waals surface area contributed by atoms with Crippen LogP contribution in [-0.4, -0.2) is 12.6 Å². The van der Waals surface area contributed by atoms with Crippen molar-refractivity contribution in [3.63, 3.8) is 0 Å². The Morgan fingerprint density at radius 1 is 0.923 bits per heavy atom. The third-order valence-electron chi connectivity index (χ3n) is 3.80. The highest BCUT2D eigenvalue weighted by Gasteiger charge is 2.14. The first-order valence-electron chi connectivity index (χ1n) is 8.48. The van der Waals surface area contributed by atoms with Crippen molar-refractivity contribution in [3.05, 3.63) is 82.8 Å². The maximum atomic E-state index is 12.6. The monoisotopic (exact) mass is 410 g/mol. The van der Waals surface area contributed by atoms with Crippen LogP contribution in [0.2, 0.25) is 0 Å². The summed E-state index contributed by atoms with van der Waals surface area (Å²) in [5.74, 6) is 0.843. The van der Waals surface area contributed by atoms with E-state index < -0.39 is 5.97 Å². The molecule has 132 valence electrons. The molecule has 26 heavy (non-hydrogen) atoms. The van der Waals surface area contributed by atoms with Gasteiger partial charge < -0.3 is 9.47 Å². The molecule has 0 bridgehead atoms. The van der Waals surface area contributed by atoms with Gasteiger partial charge in [0.25, 0.3) is 0 Å². The molecule has 0 fully saturated rings.